The van der Waals surface area contributed by atoms with Gasteiger partial charge in [0, 0.05) is 11.2 Å². The van der Waals surface area contributed by atoms with Crippen molar-refractivity contribution < 1.29 is 0 Å². The van der Waals surface area contributed by atoms with E-state index in [0.717, 1.165) is 5.69 Å². The van der Waals surface area contributed by atoms with Crippen LogP contribution in [0.15, 0.2) is 48.7 Å². The van der Waals surface area contributed by atoms with Crippen LogP contribution in [0.4, 0.5) is 11.5 Å². The van der Waals surface area contributed by atoms with Gasteiger partial charge in [-0.15, -0.1) is 0 Å². The number of rotatable bonds is 2. The van der Waals surface area contributed by atoms with Crippen molar-refractivity contribution >= 4 is 23.1 Å². The summed E-state index contributed by atoms with van der Waals surface area (Å²) in [6.45, 7) is 0. The Balaban J connectivity index is 2.29. The highest BCUT2D eigenvalue weighted by Crippen LogP contribution is 2.21. The predicted octanol–water partition coefficient (Wildman–Crippen LogP) is 2.75. The molecule has 1 aromatic heterocycles. The zero-order valence-corrected chi connectivity index (χ0v) is 8.72. The number of anilines is 2. The molecule has 0 saturated heterocycles. The van der Waals surface area contributed by atoms with Crippen LogP contribution in [0, 0.1) is 0 Å². The van der Waals surface area contributed by atoms with Crippen LogP contribution in [0.25, 0.3) is 0 Å². The molecule has 0 saturated carbocycles. The monoisotopic (exact) mass is 219 g/mol. The van der Waals surface area contributed by atoms with Crippen molar-refractivity contribution in [3.63, 3.8) is 0 Å². The molecule has 0 bridgehead atoms. The number of hydrogen-bond donors (Lipinski definition) is 1. The van der Waals surface area contributed by atoms with Crippen LogP contribution < -0.4 is 10.9 Å². The van der Waals surface area contributed by atoms with Crippen molar-refractivity contribution in [1.82, 2.24) is 4.98 Å². The van der Waals surface area contributed by atoms with E-state index >= 15 is 0 Å². The van der Waals surface area contributed by atoms with E-state index in [1.54, 1.807) is 18.3 Å². The topological polar surface area (TPSA) is 42.1 Å². The summed E-state index contributed by atoms with van der Waals surface area (Å²) in [5, 5.41) is 2.20. The van der Waals surface area contributed by atoms with Gasteiger partial charge >= 0.3 is 0 Å². The molecule has 15 heavy (non-hydrogen) atoms. The van der Waals surface area contributed by atoms with Gasteiger partial charge in [-0.05, 0) is 36.4 Å². The highest BCUT2D eigenvalue weighted by molar-refractivity contribution is 6.30. The minimum Gasteiger partial charge on any atom is -0.262 e. The third-order valence-electron chi connectivity index (χ3n) is 2.00. The molecule has 0 aliphatic rings. The molecule has 76 valence electrons. The molecule has 3 nitrogen and oxygen atoms in total. The van der Waals surface area contributed by atoms with Crippen LogP contribution in [-0.2, 0) is 0 Å². The van der Waals surface area contributed by atoms with Gasteiger partial charge in [0.2, 0.25) is 0 Å². The van der Waals surface area contributed by atoms with E-state index in [9.17, 15) is 0 Å². The average Bonchev–Trinajstić information content (AvgIpc) is 2.30. The van der Waals surface area contributed by atoms with E-state index < -0.39 is 0 Å². The lowest BCUT2D eigenvalue weighted by atomic mass is 10.3. The molecule has 0 aliphatic heterocycles. The Bertz CT molecular complexity index is 427. The lowest BCUT2D eigenvalue weighted by Gasteiger charge is -2.17. The largest absolute Gasteiger partial charge is 0.262 e. The molecule has 0 atom stereocenters. The van der Waals surface area contributed by atoms with Crippen molar-refractivity contribution in [3.05, 3.63) is 53.7 Å². The number of hydrazine groups is 1. The van der Waals surface area contributed by atoms with Crippen LogP contribution in [0.3, 0.4) is 0 Å². The lowest BCUT2D eigenvalue weighted by Crippen LogP contribution is -2.25. The number of pyridine rings is 1. The van der Waals surface area contributed by atoms with E-state index in [1.807, 2.05) is 30.3 Å². The van der Waals surface area contributed by atoms with Gasteiger partial charge in [-0.1, -0.05) is 17.7 Å². The summed E-state index contributed by atoms with van der Waals surface area (Å²) in [5.41, 5.74) is 0.845. The molecule has 0 aliphatic carbocycles. The fraction of sp³-hybridized carbons (Fsp3) is 0. The molecule has 2 N–H and O–H groups in total. The Kier molecular flexibility index (Phi) is 2.85. The van der Waals surface area contributed by atoms with E-state index in [1.165, 1.54) is 5.01 Å². The Morgan fingerprint density at radius 3 is 2.40 bits per heavy atom. The summed E-state index contributed by atoms with van der Waals surface area (Å²) in [5.74, 6) is 6.59. The molecule has 1 aromatic carbocycles. The first-order chi connectivity index (χ1) is 7.27. The van der Waals surface area contributed by atoms with Gasteiger partial charge < -0.3 is 0 Å². The molecule has 4 heteroatoms. The highest BCUT2D eigenvalue weighted by atomic mass is 35.5. The number of hydrogen-bond acceptors (Lipinski definition) is 3. The second kappa shape index (κ2) is 4.29. The second-order valence-corrected chi connectivity index (χ2v) is 3.47. The van der Waals surface area contributed by atoms with Gasteiger partial charge in [0.25, 0.3) is 0 Å². The molecule has 0 spiro atoms. The summed E-state index contributed by atoms with van der Waals surface area (Å²) in [6.07, 6.45) is 1.70. The van der Waals surface area contributed by atoms with Gasteiger partial charge in [0.15, 0.2) is 0 Å². The maximum Gasteiger partial charge on any atom is 0.147 e. The molecule has 0 fully saturated rings. The van der Waals surface area contributed by atoms with Crippen molar-refractivity contribution in [2.75, 3.05) is 5.01 Å². The zero-order valence-electron chi connectivity index (χ0n) is 7.97. The number of aromatic nitrogens is 1. The molecule has 0 radical (unpaired) electrons. The normalized spacial score (nSPS) is 10.0. The van der Waals surface area contributed by atoms with Crippen molar-refractivity contribution in [2.45, 2.75) is 0 Å². The standard InChI is InChI=1S/C11H10ClN3/c12-9-4-6-10(7-5-9)15(13)11-3-1-2-8-14-11/h1-8H,13H2. The molecular weight excluding hydrogens is 210 g/mol. The maximum atomic E-state index is 5.89. The first-order valence-electron chi connectivity index (χ1n) is 4.49. The first-order valence-corrected chi connectivity index (χ1v) is 4.86. The van der Waals surface area contributed by atoms with Gasteiger partial charge in [0.1, 0.15) is 5.82 Å². The SMILES string of the molecule is NN(c1ccc(Cl)cc1)c1ccccn1. The summed E-state index contributed by atoms with van der Waals surface area (Å²) >= 11 is 5.79. The minimum atomic E-state index is 0.688. The third kappa shape index (κ3) is 2.26. The number of halogens is 1. The van der Waals surface area contributed by atoms with Crippen molar-refractivity contribution in [3.8, 4) is 0 Å². The Morgan fingerprint density at radius 2 is 1.80 bits per heavy atom. The van der Waals surface area contributed by atoms with E-state index in [2.05, 4.69) is 4.98 Å². The Hall–Kier alpha value is -1.58. The summed E-state index contributed by atoms with van der Waals surface area (Å²) in [7, 11) is 0. The van der Waals surface area contributed by atoms with Gasteiger partial charge in [0.05, 0.1) is 5.69 Å². The molecule has 0 unspecified atom stereocenters. The number of nitrogens with zero attached hydrogens (tertiary/aromatic N) is 2. The van der Waals surface area contributed by atoms with Crippen LogP contribution in [0.2, 0.25) is 5.02 Å². The van der Waals surface area contributed by atoms with E-state index in [4.69, 9.17) is 17.4 Å². The van der Waals surface area contributed by atoms with E-state index in [-0.39, 0.29) is 0 Å². The van der Waals surface area contributed by atoms with Gasteiger partial charge in [-0.3, -0.25) is 5.01 Å². The molecular formula is C11H10ClN3. The highest BCUT2D eigenvalue weighted by Gasteiger charge is 2.04. The fourth-order valence-electron chi connectivity index (χ4n) is 1.23. The zero-order chi connectivity index (χ0) is 10.7. The average molecular weight is 220 g/mol. The van der Waals surface area contributed by atoms with Crippen molar-refractivity contribution in [1.29, 1.82) is 0 Å². The predicted molar refractivity (Wildman–Crippen MR) is 62.0 cm³/mol. The summed E-state index contributed by atoms with van der Waals surface area (Å²) in [6, 6.07) is 12.8. The smallest absolute Gasteiger partial charge is 0.147 e. The number of benzene rings is 1. The summed E-state index contributed by atoms with van der Waals surface area (Å²) in [4.78, 5) is 4.15. The maximum absolute atomic E-state index is 5.89. The number of nitrogens with two attached hydrogens (primary N) is 1. The molecule has 1 heterocycles. The summed E-state index contributed by atoms with van der Waals surface area (Å²) < 4.78 is 0. The van der Waals surface area contributed by atoms with Gasteiger partial charge in [-0.25, -0.2) is 10.8 Å². The fourth-order valence-corrected chi connectivity index (χ4v) is 1.36. The molecule has 2 rings (SSSR count). The van der Waals surface area contributed by atoms with Crippen LogP contribution in [0.5, 0.6) is 0 Å². The minimum absolute atomic E-state index is 0.688. The first kappa shape index (κ1) is 9.96. The Labute approximate surface area is 93.1 Å². The van der Waals surface area contributed by atoms with Gasteiger partial charge in [-0.2, -0.15) is 0 Å². The second-order valence-electron chi connectivity index (χ2n) is 3.03. The lowest BCUT2D eigenvalue weighted by molar-refractivity contribution is 1.04. The van der Waals surface area contributed by atoms with Crippen molar-refractivity contribution in [2.24, 2.45) is 5.84 Å². The quantitative estimate of drug-likeness (QED) is 0.624. The molecule has 2 aromatic rings. The Morgan fingerprint density at radius 1 is 1.07 bits per heavy atom. The van der Waals surface area contributed by atoms with Crippen LogP contribution >= 0.6 is 11.6 Å². The van der Waals surface area contributed by atoms with Crippen LogP contribution in [0.1, 0.15) is 0 Å². The third-order valence-corrected chi connectivity index (χ3v) is 2.25. The van der Waals surface area contributed by atoms with E-state index in [0.29, 0.717) is 10.8 Å². The molecule has 0 amide bonds. The van der Waals surface area contributed by atoms with Crippen LogP contribution in [-0.4, -0.2) is 4.98 Å².